The van der Waals surface area contributed by atoms with Crippen molar-refractivity contribution in [3.8, 4) is 11.5 Å². The Bertz CT molecular complexity index is 737. The third-order valence-corrected chi connectivity index (χ3v) is 4.70. The number of fused-ring (bicyclic) bond motifs is 1. The molecule has 2 aliphatic rings. The van der Waals surface area contributed by atoms with Gasteiger partial charge in [-0.25, -0.2) is 0 Å². The standard InChI is InChI=1S/C17H20N4O3/c1-20-11-18-19-16(20)12-6-8-21(9-7-12)17(22)15-10-23-13-4-2-3-5-14(13)24-15/h2-5,11-12,15H,6-10H2,1H3. The number of para-hydroxylation sites is 2. The monoisotopic (exact) mass is 328 g/mol. The zero-order valence-electron chi connectivity index (χ0n) is 13.6. The lowest BCUT2D eigenvalue weighted by Crippen LogP contribution is -2.49. The zero-order chi connectivity index (χ0) is 16.5. The highest BCUT2D eigenvalue weighted by Crippen LogP contribution is 2.32. The lowest BCUT2D eigenvalue weighted by atomic mass is 9.95. The molecule has 0 N–H and O–H groups in total. The van der Waals surface area contributed by atoms with E-state index in [1.807, 2.05) is 40.8 Å². The number of amides is 1. The normalized spacial score (nSPS) is 20.9. The maximum atomic E-state index is 12.7. The first-order valence-corrected chi connectivity index (χ1v) is 8.23. The van der Waals surface area contributed by atoms with E-state index in [9.17, 15) is 4.79 Å². The van der Waals surface area contributed by atoms with Crippen LogP contribution in [0.3, 0.4) is 0 Å². The van der Waals surface area contributed by atoms with Gasteiger partial charge in [-0.1, -0.05) is 12.1 Å². The highest BCUT2D eigenvalue weighted by Gasteiger charge is 2.34. The van der Waals surface area contributed by atoms with Gasteiger partial charge in [0.2, 0.25) is 6.10 Å². The molecule has 0 saturated carbocycles. The Morgan fingerprint density at radius 2 is 1.96 bits per heavy atom. The molecular formula is C17H20N4O3. The maximum Gasteiger partial charge on any atom is 0.267 e. The van der Waals surface area contributed by atoms with Crippen molar-refractivity contribution in [2.45, 2.75) is 24.9 Å². The summed E-state index contributed by atoms with van der Waals surface area (Å²) < 4.78 is 13.4. The van der Waals surface area contributed by atoms with Crippen molar-refractivity contribution in [3.63, 3.8) is 0 Å². The number of ether oxygens (including phenoxy) is 2. The number of aromatic nitrogens is 3. The van der Waals surface area contributed by atoms with Crippen LogP contribution in [-0.2, 0) is 11.8 Å². The fourth-order valence-electron chi connectivity index (χ4n) is 3.36. The molecule has 3 heterocycles. The molecule has 7 heteroatoms. The summed E-state index contributed by atoms with van der Waals surface area (Å²) in [6.45, 7) is 1.68. The summed E-state index contributed by atoms with van der Waals surface area (Å²) in [7, 11) is 1.96. The first-order chi connectivity index (χ1) is 11.7. The molecule has 126 valence electrons. The average Bonchev–Trinajstić information content (AvgIpc) is 3.07. The van der Waals surface area contributed by atoms with Crippen LogP contribution in [0.25, 0.3) is 0 Å². The van der Waals surface area contributed by atoms with Gasteiger partial charge in [0, 0.05) is 26.1 Å². The molecule has 1 aromatic carbocycles. The summed E-state index contributed by atoms with van der Waals surface area (Å²) in [6.07, 6.45) is 2.94. The van der Waals surface area contributed by atoms with Crippen molar-refractivity contribution in [2.24, 2.45) is 7.05 Å². The van der Waals surface area contributed by atoms with Crippen molar-refractivity contribution < 1.29 is 14.3 Å². The van der Waals surface area contributed by atoms with Gasteiger partial charge in [-0.15, -0.1) is 10.2 Å². The first-order valence-electron chi connectivity index (χ1n) is 8.23. The van der Waals surface area contributed by atoms with Gasteiger partial charge in [0.15, 0.2) is 11.5 Å². The van der Waals surface area contributed by atoms with E-state index in [0.717, 1.165) is 18.7 Å². The molecule has 1 saturated heterocycles. The molecule has 1 unspecified atom stereocenters. The zero-order valence-corrected chi connectivity index (χ0v) is 13.6. The minimum atomic E-state index is -0.564. The highest BCUT2D eigenvalue weighted by molar-refractivity contribution is 5.82. The number of piperidine rings is 1. The van der Waals surface area contributed by atoms with E-state index in [-0.39, 0.29) is 12.5 Å². The molecule has 2 aliphatic heterocycles. The van der Waals surface area contributed by atoms with Crippen LogP contribution in [0.5, 0.6) is 11.5 Å². The SMILES string of the molecule is Cn1cnnc1C1CCN(C(=O)C2COc3ccccc3O2)CC1. The molecule has 0 bridgehead atoms. The van der Waals surface area contributed by atoms with Crippen molar-refractivity contribution in [1.29, 1.82) is 0 Å². The van der Waals surface area contributed by atoms with E-state index in [4.69, 9.17) is 9.47 Å². The molecule has 1 fully saturated rings. The number of likely N-dealkylation sites (tertiary alicyclic amines) is 1. The maximum absolute atomic E-state index is 12.7. The molecule has 0 radical (unpaired) electrons. The van der Waals surface area contributed by atoms with Crippen molar-refractivity contribution in [1.82, 2.24) is 19.7 Å². The number of rotatable bonds is 2. The molecule has 0 aliphatic carbocycles. The minimum Gasteiger partial charge on any atom is -0.485 e. The van der Waals surface area contributed by atoms with E-state index in [0.29, 0.717) is 30.5 Å². The van der Waals surface area contributed by atoms with Gasteiger partial charge in [-0.05, 0) is 25.0 Å². The van der Waals surface area contributed by atoms with E-state index in [1.54, 1.807) is 6.33 Å². The molecule has 1 amide bonds. The lowest BCUT2D eigenvalue weighted by molar-refractivity contribution is -0.142. The molecule has 7 nitrogen and oxygen atoms in total. The second kappa shape index (κ2) is 6.14. The first kappa shape index (κ1) is 15.0. The van der Waals surface area contributed by atoms with Gasteiger partial charge in [-0.3, -0.25) is 4.79 Å². The van der Waals surface area contributed by atoms with Gasteiger partial charge < -0.3 is 18.9 Å². The van der Waals surface area contributed by atoms with Crippen molar-refractivity contribution in [2.75, 3.05) is 19.7 Å². The van der Waals surface area contributed by atoms with Crippen LogP contribution >= 0.6 is 0 Å². The van der Waals surface area contributed by atoms with Gasteiger partial charge in [0.05, 0.1) is 0 Å². The second-order valence-electron chi connectivity index (χ2n) is 6.26. The summed E-state index contributed by atoms with van der Waals surface area (Å²) in [4.78, 5) is 14.6. The van der Waals surface area contributed by atoms with Crippen LogP contribution < -0.4 is 9.47 Å². The van der Waals surface area contributed by atoms with E-state index < -0.39 is 6.10 Å². The molecule has 4 rings (SSSR count). The Hall–Kier alpha value is -2.57. The largest absolute Gasteiger partial charge is 0.485 e. The number of nitrogens with zero attached hydrogens (tertiary/aromatic N) is 4. The van der Waals surface area contributed by atoms with Crippen LogP contribution in [0.2, 0.25) is 0 Å². The van der Waals surface area contributed by atoms with Gasteiger partial charge >= 0.3 is 0 Å². The van der Waals surface area contributed by atoms with Gasteiger partial charge in [-0.2, -0.15) is 0 Å². The quantitative estimate of drug-likeness (QED) is 0.832. The van der Waals surface area contributed by atoms with Crippen LogP contribution in [0, 0.1) is 0 Å². The number of carbonyl (C=O) groups is 1. The number of benzene rings is 1. The number of hydrogen-bond donors (Lipinski definition) is 0. The predicted molar refractivity (Wildman–Crippen MR) is 85.9 cm³/mol. The third-order valence-electron chi connectivity index (χ3n) is 4.70. The van der Waals surface area contributed by atoms with Crippen molar-refractivity contribution in [3.05, 3.63) is 36.4 Å². The number of aryl methyl sites for hydroxylation is 1. The Morgan fingerprint density at radius 3 is 2.67 bits per heavy atom. The van der Waals surface area contributed by atoms with Gasteiger partial charge in [0.25, 0.3) is 5.91 Å². The topological polar surface area (TPSA) is 69.5 Å². The minimum absolute atomic E-state index is 0.000850. The van der Waals surface area contributed by atoms with Crippen LogP contribution in [0.4, 0.5) is 0 Å². The molecule has 2 aromatic rings. The van der Waals surface area contributed by atoms with E-state index in [2.05, 4.69) is 10.2 Å². The number of carbonyl (C=O) groups excluding carboxylic acids is 1. The van der Waals surface area contributed by atoms with Gasteiger partial charge in [0.1, 0.15) is 18.8 Å². The molecule has 24 heavy (non-hydrogen) atoms. The van der Waals surface area contributed by atoms with E-state index >= 15 is 0 Å². The van der Waals surface area contributed by atoms with Crippen LogP contribution in [0.15, 0.2) is 30.6 Å². The molecular weight excluding hydrogens is 308 g/mol. The summed E-state index contributed by atoms with van der Waals surface area (Å²) in [5.41, 5.74) is 0. The predicted octanol–water partition coefficient (Wildman–Crippen LogP) is 1.36. The Balaban J connectivity index is 1.38. The fraction of sp³-hybridized carbons (Fsp3) is 0.471. The average molecular weight is 328 g/mol. The molecule has 0 spiro atoms. The Morgan fingerprint density at radius 1 is 1.21 bits per heavy atom. The molecule has 1 aromatic heterocycles. The number of hydrogen-bond acceptors (Lipinski definition) is 5. The van der Waals surface area contributed by atoms with Crippen molar-refractivity contribution >= 4 is 5.91 Å². The summed E-state index contributed by atoms with van der Waals surface area (Å²) in [6, 6.07) is 7.44. The van der Waals surface area contributed by atoms with Crippen LogP contribution in [-0.4, -0.2) is 51.4 Å². The fourth-order valence-corrected chi connectivity index (χ4v) is 3.36. The smallest absolute Gasteiger partial charge is 0.267 e. The molecule has 1 atom stereocenters. The summed E-state index contributed by atoms with van der Waals surface area (Å²) in [5, 5.41) is 8.13. The highest BCUT2D eigenvalue weighted by atomic mass is 16.6. The lowest BCUT2D eigenvalue weighted by Gasteiger charge is -2.35. The summed E-state index contributed by atoms with van der Waals surface area (Å²) in [5.74, 6) is 2.68. The van der Waals surface area contributed by atoms with Crippen LogP contribution in [0.1, 0.15) is 24.6 Å². The third kappa shape index (κ3) is 2.70. The second-order valence-corrected chi connectivity index (χ2v) is 6.26. The van der Waals surface area contributed by atoms with E-state index in [1.165, 1.54) is 0 Å². The summed E-state index contributed by atoms with van der Waals surface area (Å²) >= 11 is 0. The Labute approximate surface area is 140 Å². The Kier molecular flexibility index (Phi) is 3.84.